The smallest absolute Gasteiger partial charge is 0.489 e. The lowest BCUT2D eigenvalue weighted by atomic mass is 9.70. The fourth-order valence-electron chi connectivity index (χ4n) is 3.77. The Kier molecular flexibility index (Phi) is 8.83. The van der Waals surface area contributed by atoms with E-state index in [0.717, 1.165) is 11.1 Å². The van der Waals surface area contributed by atoms with Crippen LogP contribution in [-0.2, 0) is 15.5 Å². The Bertz CT molecular complexity index is 1140. The maximum atomic E-state index is 12.7. The fraction of sp³-hybridized carbons (Fsp3) is 0.520. The second-order valence-corrected chi connectivity index (χ2v) is 11.5. The van der Waals surface area contributed by atoms with Crippen molar-refractivity contribution in [1.82, 2.24) is 0 Å². The van der Waals surface area contributed by atoms with Crippen LogP contribution in [0.5, 0.6) is 11.5 Å². The van der Waals surface area contributed by atoms with Crippen molar-refractivity contribution in [2.45, 2.75) is 71.4 Å². The van der Waals surface area contributed by atoms with Gasteiger partial charge in [0.25, 0.3) is 0 Å². The number of aliphatic hydroxyl groups excluding tert-OH is 1. The van der Waals surface area contributed by atoms with Crippen LogP contribution in [0.25, 0.3) is 0 Å². The van der Waals surface area contributed by atoms with Crippen molar-refractivity contribution in [2.24, 2.45) is 5.41 Å². The summed E-state index contributed by atoms with van der Waals surface area (Å²) in [7, 11) is -5.77. The summed E-state index contributed by atoms with van der Waals surface area (Å²) in [6.45, 7) is 11.2. The van der Waals surface area contributed by atoms with Gasteiger partial charge in [0.1, 0.15) is 18.1 Å². The summed E-state index contributed by atoms with van der Waals surface area (Å²) in [5, 5.41) is 10.6. The molecule has 0 aliphatic carbocycles. The minimum Gasteiger partial charge on any atom is -0.489 e. The van der Waals surface area contributed by atoms with Crippen LogP contribution in [-0.4, -0.2) is 31.7 Å². The third kappa shape index (κ3) is 6.43. The number of rotatable bonds is 9. The summed E-state index contributed by atoms with van der Waals surface area (Å²) >= 11 is 6.51. The number of halogens is 4. The molecule has 1 unspecified atom stereocenters. The number of hydrogen-bond acceptors (Lipinski definition) is 5. The second kappa shape index (κ2) is 10.6. The highest BCUT2D eigenvalue weighted by molar-refractivity contribution is 7.88. The number of ether oxygens (including phenoxy) is 1. The van der Waals surface area contributed by atoms with Crippen molar-refractivity contribution in [1.29, 1.82) is 0 Å². The summed E-state index contributed by atoms with van der Waals surface area (Å²) in [5.74, 6) is 0.0449. The van der Waals surface area contributed by atoms with Crippen LogP contribution in [0.15, 0.2) is 36.4 Å². The van der Waals surface area contributed by atoms with Crippen molar-refractivity contribution in [3.63, 3.8) is 0 Å². The van der Waals surface area contributed by atoms with Crippen molar-refractivity contribution in [3.8, 4) is 11.5 Å². The standard InChI is InChI=1S/C25H32ClF3O5S/c1-7-24(8-2,17-9-11-20(16(3)13-17)34-35(31,32)25(27,28)29)18-10-12-21(19(26)14-18)33-15-22(30)23(4,5)6/h9-14,22,30H,7-8,15H2,1-6H3. The summed E-state index contributed by atoms with van der Waals surface area (Å²) in [6.07, 6.45) is 0.598. The zero-order valence-electron chi connectivity index (χ0n) is 20.7. The largest absolute Gasteiger partial charge is 0.534 e. The number of alkyl halides is 3. The van der Waals surface area contributed by atoms with Crippen molar-refractivity contribution in [3.05, 3.63) is 58.1 Å². The monoisotopic (exact) mass is 536 g/mol. The average molecular weight is 537 g/mol. The van der Waals surface area contributed by atoms with Gasteiger partial charge in [-0.25, -0.2) is 0 Å². The highest BCUT2D eigenvalue weighted by atomic mass is 35.5. The molecule has 0 radical (unpaired) electrons. The van der Waals surface area contributed by atoms with Crippen LogP contribution >= 0.6 is 11.6 Å². The van der Waals surface area contributed by atoms with E-state index in [1.807, 2.05) is 40.7 Å². The van der Waals surface area contributed by atoms with E-state index in [1.165, 1.54) is 13.0 Å². The SMILES string of the molecule is CCC(CC)(c1ccc(OS(=O)(=O)C(F)(F)F)c(C)c1)c1ccc(OCC(O)C(C)(C)C)c(Cl)c1. The second-order valence-electron chi connectivity index (χ2n) is 9.59. The molecule has 2 aromatic carbocycles. The highest BCUT2D eigenvalue weighted by Gasteiger charge is 2.48. The van der Waals surface area contributed by atoms with Crippen LogP contribution in [0, 0.1) is 12.3 Å². The van der Waals surface area contributed by atoms with E-state index in [1.54, 1.807) is 24.3 Å². The van der Waals surface area contributed by atoms with E-state index in [9.17, 15) is 26.7 Å². The van der Waals surface area contributed by atoms with E-state index in [2.05, 4.69) is 4.18 Å². The predicted octanol–water partition coefficient (Wildman–Crippen LogP) is 6.77. The molecule has 2 aromatic rings. The molecule has 1 N–H and O–H groups in total. The quantitative estimate of drug-likeness (QED) is 0.283. The zero-order chi connectivity index (χ0) is 26.8. The lowest BCUT2D eigenvalue weighted by Gasteiger charge is -2.34. The number of benzene rings is 2. The molecule has 0 aliphatic heterocycles. The van der Waals surface area contributed by atoms with E-state index >= 15 is 0 Å². The average Bonchev–Trinajstić information content (AvgIpc) is 2.74. The normalized spacial score (nSPS) is 14.0. The van der Waals surface area contributed by atoms with Gasteiger partial charge < -0.3 is 14.0 Å². The third-order valence-electron chi connectivity index (χ3n) is 6.30. The molecule has 0 fully saturated rings. The molecule has 0 spiro atoms. The first-order valence-electron chi connectivity index (χ1n) is 11.2. The molecule has 2 rings (SSSR count). The Morgan fingerprint density at radius 2 is 1.49 bits per heavy atom. The number of aryl methyl sites for hydroxylation is 1. The first-order valence-corrected chi connectivity index (χ1v) is 13.0. The van der Waals surface area contributed by atoms with E-state index in [0.29, 0.717) is 23.6 Å². The molecule has 0 amide bonds. The molecule has 0 saturated carbocycles. The first-order chi connectivity index (χ1) is 16.0. The molecule has 0 saturated heterocycles. The van der Waals surface area contributed by atoms with Crippen molar-refractivity contribution in [2.75, 3.05) is 6.61 Å². The van der Waals surface area contributed by atoms with Gasteiger partial charge in [0.15, 0.2) is 0 Å². The molecular formula is C25H32ClF3O5S. The van der Waals surface area contributed by atoms with Crippen LogP contribution in [0.3, 0.4) is 0 Å². The summed E-state index contributed by atoms with van der Waals surface area (Å²) in [5.41, 5.74) is -4.50. The van der Waals surface area contributed by atoms with Gasteiger partial charge in [-0.2, -0.15) is 21.6 Å². The van der Waals surface area contributed by atoms with Crippen LogP contribution in [0.1, 0.15) is 64.2 Å². The lowest BCUT2D eigenvalue weighted by Crippen LogP contribution is -2.32. The summed E-state index contributed by atoms with van der Waals surface area (Å²) in [6, 6.07) is 9.81. The highest BCUT2D eigenvalue weighted by Crippen LogP contribution is 2.43. The molecule has 10 heteroatoms. The summed E-state index contributed by atoms with van der Waals surface area (Å²) in [4.78, 5) is 0. The van der Waals surface area contributed by atoms with Crippen LogP contribution in [0.4, 0.5) is 13.2 Å². The third-order valence-corrected chi connectivity index (χ3v) is 7.56. The molecule has 0 heterocycles. The van der Waals surface area contributed by atoms with E-state index in [4.69, 9.17) is 16.3 Å². The van der Waals surface area contributed by atoms with Gasteiger partial charge in [-0.15, -0.1) is 0 Å². The maximum absolute atomic E-state index is 12.7. The molecule has 0 bridgehead atoms. The van der Waals surface area contributed by atoms with Gasteiger partial charge >= 0.3 is 15.6 Å². The first kappa shape index (κ1) is 29.3. The lowest BCUT2D eigenvalue weighted by molar-refractivity contribution is -0.0500. The minimum atomic E-state index is -5.77. The Morgan fingerprint density at radius 3 is 1.91 bits per heavy atom. The minimum absolute atomic E-state index is 0.0801. The number of hydrogen-bond donors (Lipinski definition) is 1. The topological polar surface area (TPSA) is 72.8 Å². The molecule has 5 nitrogen and oxygen atoms in total. The molecule has 1 atom stereocenters. The maximum Gasteiger partial charge on any atom is 0.534 e. The van der Waals surface area contributed by atoms with Gasteiger partial charge in [0.2, 0.25) is 0 Å². The Labute approximate surface area is 210 Å². The van der Waals surface area contributed by atoms with Gasteiger partial charge in [-0.05, 0) is 60.1 Å². The van der Waals surface area contributed by atoms with Crippen LogP contribution < -0.4 is 8.92 Å². The molecule has 35 heavy (non-hydrogen) atoms. The Balaban J connectivity index is 2.40. The van der Waals surface area contributed by atoms with Gasteiger partial charge in [-0.3, -0.25) is 0 Å². The Morgan fingerprint density at radius 1 is 0.971 bits per heavy atom. The van der Waals surface area contributed by atoms with Crippen molar-refractivity contribution < 1.29 is 35.6 Å². The fourth-order valence-corrected chi connectivity index (χ4v) is 4.53. The summed E-state index contributed by atoms with van der Waals surface area (Å²) < 4.78 is 71.1. The molecule has 0 aliphatic rings. The molecular weight excluding hydrogens is 505 g/mol. The number of aliphatic hydroxyl groups is 1. The Hall–Kier alpha value is -1.97. The van der Waals surface area contributed by atoms with Crippen LogP contribution in [0.2, 0.25) is 5.02 Å². The molecule has 0 aromatic heterocycles. The van der Waals surface area contributed by atoms with Gasteiger partial charge in [0.05, 0.1) is 11.1 Å². The van der Waals surface area contributed by atoms with E-state index < -0.39 is 27.1 Å². The van der Waals surface area contributed by atoms with Gasteiger partial charge in [0, 0.05) is 5.41 Å². The molecule has 196 valence electrons. The van der Waals surface area contributed by atoms with E-state index in [-0.39, 0.29) is 23.3 Å². The predicted molar refractivity (Wildman–Crippen MR) is 131 cm³/mol. The zero-order valence-corrected chi connectivity index (χ0v) is 22.2. The van der Waals surface area contributed by atoms with Gasteiger partial charge in [-0.1, -0.05) is 64.4 Å². The van der Waals surface area contributed by atoms with Crippen molar-refractivity contribution >= 4 is 21.7 Å².